The second-order valence-electron chi connectivity index (χ2n) is 5.95. The van der Waals surface area contributed by atoms with Crippen molar-refractivity contribution in [1.29, 1.82) is 0 Å². The van der Waals surface area contributed by atoms with Gasteiger partial charge in [-0.05, 0) is 18.2 Å². The van der Waals surface area contributed by atoms with Crippen LogP contribution < -0.4 is 0 Å². The average molecular weight is 294 g/mol. The summed E-state index contributed by atoms with van der Waals surface area (Å²) in [7, 11) is 2.13. The lowest BCUT2D eigenvalue weighted by atomic mass is 10.0. The number of Topliss-reactive ketones (excluding diaryl/α,β-unsaturated/α-hetero) is 1. The summed E-state index contributed by atoms with van der Waals surface area (Å²) < 4.78 is 0. The van der Waals surface area contributed by atoms with Gasteiger partial charge in [0, 0.05) is 31.7 Å². The van der Waals surface area contributed by atoms with Crippen LogP contribution in [0.5, 0.6) is 0 Å². The van der Waals surface area contributed by atoms with Crippen LogP contribution in [0.3, 0.4) is 0 Å². The van der Waals surface area contributed by atoms with Gasteiger partial charge in [-0.2, -0.15) is 0 Å². The van der Waals surface area contributed by atoms with Gasteiger partial charge in [0.15, 0.2) is 5.78 Å². The number of carbonyl (C=O) groups is 1. The van der Waals surface area contributed by atoms with Crippen LogP contribution in [0.2, 0.25) is 0 Å². The normalized spacial score (nSPS) is 16.6. The number of piperazine rings is 1. The van der Waals surface area contributed by atoms with Crippen molar-refractivity contribution in [3.8, 4) is 11.1 Å². The van der Waals surface area contributed by atoms with Crippen molar-refractivity contribution in [3.63, 3.8) is 0 Å². The van der Waals surface area contributed by atoms with Gasteiger partial charge in [0.05, 0.1) is 6.54 Å². The number of hydrogen-bond acceptors (Lipinski definition) is 3. The second-order valence-corrected chi connectivity index (χ2v) is 5.95. The second kappa shape index (κ2) is 6.86. The van der Waals surface area contributed by atoms with E-state index in [-0.39, 0.29) is 5.78 Å². The van der Waals surface area contributed by atoms with E-state index >= 15 is 0 Å². The molecule has 1 fully saturated rings. The van der Waals surface area contributed by atoms with E-state index < -0.39 is 0 Å². The first-order valence-electron chi connectivity index (χ1n) is 7.82. The molecule has 0 N–H and O–H groups in total. The molecule has 22 heavy (non-hydrogen) atoms. The molecule has 0 atom stereocenters. The molecule has 1 aliphatic rings. The number of ketones is 1. The Kier molecular flexibility index (Phi) is 4.66. The molecular weight excluding hydrogens is 272 g/mol. The van der Waals surface area contributed by atoms with E-state index in [1.807, 2.05) is 42.5 Å². The molecule has 0 bridgehead atoms. The van der Waals surface area contributed by atoms with Gasteiger partial charge in [0.1, 0.15) is 0 Å². The van der Waals surface area contributed by atoms with Gasteiger partial charge in [0.25, 0.3) is 0 Å². The Labute approximate surface area is 132 Å². The van der Waals surface area contributed by atoms with Crippen molar-refractivity contribution in [2.45, 2.75) is 0 Å². The fourth-order valence-electron chi connectivity index (χ4n) is 2.78. The van der Waals surface area contributed by atoms with Crippen LogP contribution in [0.1, 0.15) is 10.4 Å². The topological polar surface area (TPSA) is 23.6 Å². The zero-order chi connectivity index (χ0) is 15.4. The van der Waals surface area contributed by atoms with E-state index in [1.54, 1.807) is 0 Å². The molecule has 0 radical (unpaired) electrons. The quantitative estimate of drug-likeness (QED) is 0.810. The van der Waals surface area contributed by atoms with Gasteiger partial charge < -0.3 is 4.90 Å². The van der Waals surface area contributed by atoms with E-state index in [1.165, 1.54) is 5.56 Å². The van der Waals surface area contributed by atoms with Crippen LogP contribution in [0, 0.1) is 0 Å². The van der Waals surface area contributed by atoms with Crippen molar-refractivity contribution in [1.82, 2.24) is 9.80 Å². The van der Waals surface area contributed by atoms with Gasteiger partial charge in [-0.25, -0.2) is 0 Å². The maximum absolute atomic E-state index is 12.4. The average Bonchev–Trinajstić information content (AvgIpc) is 2.58. The third-order valence-electron chi connectivity index (χ3n) is 4.28. The van der Waals surface area contributed by atoms with Crippen molar-refractivity contribution in [3.05, 3.63) is 60.2 Å². The van der Waals surface area contributed by atoms with Gasteiger partial charge in [-0.3, -0.25) is 9.69 Å². The summed E-state index contributed by atoms with van der Waals surface area (Å²) in [5.41, 5.74) is 3.14. The van der Waals surface area contributed by atoms with Gasteiger partial charge in [0.2, 0.25) is 0 Å². The number of carbonyl (C=O) groups excluding carboxylic acids is 1. The molecule has 1 heterocycles. The highest BCUT2D eigenvalue weighted by atomic mass is 16.1. The number of likely N-dealkylation sites (N-methyl/N-ethyl adjacent to an activating group) is 1. The highest BCUT2D eigenvalue weighted by Crippen LogP contribution is 2.19. The van der Waals surface area contributed by atoms with Crippen LogP contribution >= 0.6 is 0 Å². The third-order valence-corrected chi connectivity index (χ3v) is 4.28. The Morgan fingerprint density at radius 3 is 2.09 bits per heavy atom. The molecule has 2 aromatic carbocycles. The summed E-state index contributed by atoms with van der Waals surface area (Å²) in [5, 5.41) is 0. The van der Waals surface area contributed by atoms with Crippen molar-refractivity contribution < 1.29 is 4.79 Å². The van der Waals surface area contributed by atoms with E-state index in [4.69, 9.17) is 0 Å². The fourth-order valence-corrected chi connectivity index (χ4v) is 2.78. The summed E-state index contributed by atoms with van der Waals surface area (Å²) in [6.07, 6.45) is 0. The first-order valence-corrected chi connectivity index (χ1v) is 7.82. The van der Waals surface area contributed by atoms with Crippen LogP contribution in [0.4, 0.5) is 0 Å². The molecule has 0 spiro atoms. The number of benzene rings is 2. The lowest BCUT2D eigenvalue weighted by Crippen LogP contribution is -2.46. The molecule has 1 aliphatic heterocycles. The zero-order valence-corrected chi connectivity index (χ0v) is 13.0. The molecular formula is C19H22N2O. The number of nitrogens with zero attached hydrogens (tertiary/aromatic N) is 2. The molecule has 3 heteroatoms. The zero-order valence-electron chi connectivity index (χ0n) is 13.0. The Bertz CT molecular complexity index is 614. The predicted octanol–water partition coefficient (Wildman–Crippen LogP) is 2.78. The minimum Gasteiger partial charge on any atom is -0.304 e. The van der Waals surface area contributed by atoms with E-state index in [2.05, 4.69) is 29.0 Å². The maximum atomic E-state index is 12.4. The summed E-state index contributed by atoms with van der Waals surface area (Å²) in [6.45, 7) is 4.56. The fraction of sp³-hybridized carbons (Fsp3) is 0.316. The first-order chi connectivity index (χ1) is 10.7. The van der Waals surface area contributed by atoms with Crippen LogP contribution in [-0.4, -0.2) is 55.4 Å². The van der Waals surface area contributed by atoms with Crippen molar-refractivity contribution >= 4 is 5.78 Å². The molecule has 0 saturated carbocycles. The van der Waals surface area contributed by atoms with Crippen molar-refractivity contribution in [2.24, 2.45) is 0 Å². The largest absolute Gasteiger partial charge is 0.304 e. The minimum atomic E-state index is 0.212. The smallest absolute Gasteiger partial charge is 0.176 e. The van der Waals surface area contributed by atoms with Crippen molar-refractivity contribution in [2.75, 3.05) is 39.8 Å². The predicted molar refractivity (Wildman–Crippen MR) is 90.1 cm³/mol. The van der Waals surface area contributed by atoms with Crippen LogP contribution in [0.25, 0.3) is 11.1 Å². The van der Waals surface area contributed by atoms with Crippen LogP contribution in [0.15, 0.2) is 54.6 Å². The minimum absolute atomic E-state index is 0.212. The molecule has 0 amide bonds. The Morgan fingerprint density at radius 2 is 1.45 bits per heavy atom. The molecule has 3 rings (SSSR count). The highest BCUT2D eigenvalue weighted by molar-refractivity contribution is 5.98. The maximum Gasteiger partial charge on any atom is 0.176 e. The van der Waals surface area contributed by atoms with E-state index in [0.29, 0.717) is 6.54 Å². The van der Waals surface area contributed by atoms with E-state index in [0.717, 1.165) is 37.3 Å². The Hall–Kier alpha value is -1.97. The standard InChI is InChI=1S/C19H22N2O/c1-20-11-13-21(14-12-20)15-19(22)18-9-7-17(8-10-18)16-5-3-2-4-6-16/h2-10H,11-15H2,1H3. The number of rotatable bonds is 4. The van der Waals surface area contributed by atoms with Gasteiger partial charge >= 0.3 is 0 Å². The van der Waals surface area contributed by atoms with E-state index in [9.17, 15) is 4.79 Å². The lowest BCUT2D eigenvalue weighted by molar-refractivity contribution is 0.0876. The Morgan fingerprint density at radius 1 is 0.864 bits per heavy atom. The van der Waals surface area contributed by atoms with Gasteiger partial charge in [-0.15, -0.1) is 0 Å². The SMILES string of the molecule is CN1CCN(CC(=O)c2ccc(-c3ccccc3)cc2)CC1. The highest BCUT2D eigenvalue weighted by Gasteiger charge is 2.17. The molecule has 1 saturated heterocycles. The van der Waals surface area contributed by atoms with Crippen LogP contribution in [-0.2, 0) is 0 Å². The molecule has 114 valence electrons. The lowest BCUT2D eigenvalue weighted by Gasteiger charge is -2.31. The Balaban J connectivity index is 1.64. The monoisotopic (exact) mass is 294 g/mol. The third kappa shape index (κ3) is 3.62. The molecule has 2 aromatic rings. The van der Waals surface area contributed by atoms with Gasteiger partial charge in [-0.1, -0.05) is 54.6 Å². The molecule has 0 unspecified atom stereocenters. The first kappa shape index (κ1) is 14.9. The molecule has 0 aliphatic carbocycles. The summed E-state index contributed by atoms with van der Waals surface area (Å²) in [6, 6.07) is 18.2. The molecule has 3 nitrogen and oxygen atoms in total. The summed E-state index contributed by atoms with van der Waals surface area (Å²) >= 11 is 0. The molecule has 0 aromatic heterocycles. The summed E-state index contributed by atoms with van der Waals surface area (Å²) in [4.78, 5) is 16.9. The summed E-state index contributed by atoms with van der Waals surface area (Å²) in [5.74, 6) is 0.212. The number of hydrogen-bond donors (Lipinski definition) is 0.